The van der Waals surface area contributed by atoms with E-state index in [2.05, 4.69) is 48.1 Å². The molecule has 0 spiro atoms. The van der Waals surface area contributed by atoms with Crippen LogP contribution in [0.4, 0.5) is 5.69 Å². The zero-order valence-electron chi connectivity index (χ0n) is 13.8. The number of hydrogen-bond acceptors (Lipinski definition) is 3. The van der Waals surface area contributed by atoms with E-state index >= 15 is 0 Å². The SMILES string of the molecule is Cc1nn(-c2ccc(N3CCC(C)CC3)cc2)c(C)c1CN. The van der Waals surface area contributed by atoms with E-state index in [1.54, 1.807) is 0 Å². The number of nitrogens with two attached hydrogens (primary N) is 1. The van der Waals surface area contributed by atoms with Gasteiger partial charge >= 0.3 is 0 Å². The largest absolute Gasteiger partial charge is 0.372 e. The second kappa shape index (κ2) is 6.13. The van der Waals surface area contributed by atoms with Crippen molar-refractivity contribution >= 4 is 5.69 Å². The van der Waals surface area contributed by atoms with Crippen LogP contribution in [0.15, 0.2) is 24.3 Å². The maximum atomic E-state index is 5.82. The smallest absolute Gasteiger partial charge is 0.0650 e. The van der Waals surface area contributed by atoms with Gasteiger partial charge in [0.1, 0.15) is 0 Å². The van der Waals surface area contributed by atoms with Crippen molar-refractivity contribution in [2.75, 3.05) is 18.0 Å². The van der Waals surface area contributed by atoms with Gasteiger partial charge < -0.3 is 10.6 Å². The molecule has 1 saturated heterocycles. The van der Waals surface area contributed by atoms with Crippen molar-refractivity contribution in [3.05, 3.63) is 41.2 Å². The molecule has 3 rings (SSSR count). The minimum absolute atomic E-state index is 0.543. The van der Waals surface area contributed by atoms with Crippen LogP contribution in [0.25, 0.3) is 5.69 Å². The minimum Gasteiger partial charge on any atom is -0.372 e. The van der Waals surface area contributed by atoms with Crippen LogP contribution in [0.1, 0.15) is 36.7 Å². The average molecular weight is 298 g/mol. The predicted octanol–water partition coefficient (Wildman–Crippen LogP) is 3.18. The van der Waals surface area contributed by atoms with Gasteiger partial charge in [0.25, 0.3) is 0 Å². The lowest BCUT2D eigenvalue weighted by Gasteiger charge is -2.32. The van der Waals surface area contributed by atoms with Crippen LogP contribution < -0.4 is 10.6 Å². The van der Waals surface area contributed by atoms with E-state index in [1.807, 2.05) is 11.6 Å². The average Bonchev–Trinajstić information content (AvgIpc) is 2.82. The number of hydrogen-bond donors (Lipinski definition) is 1. The first-order chi connectivity index (χ1) is 10.6. The van der Waals surface area contributed by atoms with Crippen molar-refractivity contribution in [1.82, 2.24) is 9.78 Å². The Kier molecular flexibility index (Phi) is 4.21. The Balaban J connectivity index is 1.82. The summed E-state index contributed by atoms with van der Waals surface area (Å²) in [5.74, 6) is 0.861. The molecule has 1 aromatic carbocycles. The zero-order chi connectivity index (χ0) is 15.7. The third-order valence-corrected chi connectivity index (χ3v) is 4.89. The zero-order valence-corrected chi connectivity index (χ0v) is 13.8. The maximum absolute atomic E-state index is 5.82. The van der Waals surface area contributed by atoms with Crippen LogP contribution in [0, 0.1) is 19.8 Å². The fourth-order valence-corrected chi connectivity index (χ4v) is 3.29. The van der Waals surface area contributed by atoms with Crippen LogP contribution in [-0.4, -0.2) is 22.9 Å². The molecule has 4 heteroatoms. The molecule has 0 radical (unpaired) electrons. The fourth-order valence-electron chi connectivity index (χ4n) is 3.29. The van der Waals surface area contributed by atoms with Crippen LogP contribution in [-0.2, 0) is 6.54 Å². The lowest BCUT2D eigenvalue weighted by atomic mass is 9.99. The Labute approximate surface area is 132 Å². The summed E-state index contributed by atoms with van der Waals surface area (Å²) in [6.07, 6.45) is 2.58. The molecule has 1 aromatic heterocycles. The van der Waals surface area contributed by atoms with Gasteiger partial charge in [0, 0.05) is 36.6 Å². The first-order valence-electron chi connectivity index (χ1n) is 8.20. The summed E-state index contributed by atoms with van der Waals surface area (Å²) < 4.78 is 2.00. The highest BCUT2D eigenvalue weighted by Crippen LogP contribution is 2.25. The van der Waals surface area contributed by atoms with Crippen molar-refractivity contribution in [1.29, 1.82) is 0 Å². The van der Waals surface area contributed by atoms with Crippen LogP contribution in [0.5, 0.6) is 0 Å². The van der Waals surface area contributed by atoms with Gasteiger partial charge in [-0.1, -0.05) is 6.92 Å². The van der Waals surface area contributed by atoms with Crippen molar-refractivity contribution in [2.45, 2.75) is 40.2 Å². The standard InChI is InChI=1S/C18H26N4/c1-13-8-10-21(11-9-13)16-4-6-17(7-5-16)22-15(3)18(12-19)14(2)20-22/h4-7,13H,8-12,19H2,1-3H3. The lowest BCUT2D eigenvalue weighted by Crippen LogP contribution is -2.32. The fraction of sp³-hybridized carbons (Fsp3) is 0.500. The number of piperidine rings is 1. The normalized spacial score (nSPS) is 16.3. The number of rotatable bonds is 3. The highest BCUT2D eigenvalue weighted by Gasteiger charge is 2.16. The van der Waals surface area contributed by atoms with E-state index in [0.717, 1.165) is 41.6 Å². The number of aromatic nitrogens is 2. The van der Waals surface area contributed by atoms with Crippen molar-refractivity contribution in [2.24, 2.45) is 11.7 Å². The van der Waals surface area contributed by atoms with Crippen molar-refractivity contribution < 1.29 is 0 Å². The molecule has 1 fully saturated rings. The van der Waals surface area contributed by atoms with E-state index in [4.69, 9.17) is 5.73 Å². The summed E-state index contributed by atoms with van der Waals surface area (Å²) in [4.78, 5) is 2.48. The molecule has 0 bridgehead atoms. The Morgan fingerprint density at radius 3 is 2.23 bits per heavy atom. The van der Waals surface area contributed by atoms with Crippen LogP contribution in [0.2, 0.25) is 0 Å². The summed E-state index contributed by atoms with van der Waals surface area (Å²) in [6, 6.07) is 8.74. The summed E-state index contributed by atoms with van der Waals surface area (Å²) in [5, 5.41) is 4.63. The topological polar surface area (TPSA) is 47.1 Å². The molecule has 118 valence electrons. The number of anilines is 1. The van der Waals surface area contributed by atoms with Gasteiger partial charge in [-0.25, -0.2) is 4.68 Å². The monoisotopic (exact) mass is 298 g/mol. The molecule has 1 aliphatic rings. The van der Waals surface area contributed by atoms with Crippen LogP contribution in [0.3, 0.4) is 0 Å². The minimum atomic E-state index is 0.543. The molecule has 2 aromatic rings. The molecule has 0 saturated carbocycles. The van der Waals surface area contributed by atoms with Gasteiger partial charge in [0.05, 0.1) is 11.4 Å². The lowest BCUT2D eigenvalue weighted by molar-refractivity contribution is 0.438. The molecule has 0 aliphatic carbocycles. The van der Waals surface area contributed by atoms with E-state index in [0.29, 0.717) is 6.54 Å². The summed E-state index contributed by atoms with van der Waals surface area (Å²) in [6.45, 7) is 9.33. The van der Waals surface area contributed by atoms with Gasteiger partial charge in [-0.2, -0.15) is 5.10 Å². The predicted molar refractivity (Wildman–Crippen MR) is 91.5 cm³/mol. The Hall–Kier alpha value is -1.81. The molecule has 0 unspecified atom stereocenters. The number of aryl methyl sites for hydroxylation is 1. The maximum Gasteiger partial charge on any atom is 0.0650 e. The third-order valence-electron chi connectivity index (χ3n) is 4.89. The number of nitrogens with zero attached hydrogens (tertiary/aromatic N) is 3. The molecule has 4 nitrogen and oxygen atoms in total. The molecule has 2 heterocycles. The molecule has 1 aliphatic heterocycles. The first kappa shape index (κ1) is 15.1. The van der Waals surface area contributed by atoms with Crippen molar-refractivity contribution in [3.63, 3.8) is 0 Å². The van der Waals surface area contributed by atoms with E-state index in [1.165, 1.54) is 18.5 Å². The Bertz CT molecular complexity index is 634. The molecule has 0 amide bonds. The Morgan fingerprint density at radius 1 is 1.09 bits per heavy atom. The van der Waals surface area contributed by atoms with Crippen molar-refractivity contribution in [3.8, 4) is 5.69 Å². The quantitative estimate of drug-likeness (QED) is 0.946. The molecule has 0 atom stereocenters. The molecule has 22 heavy (non-hydrogen) atoms. The third kappa shape index (κ3) is 2.75. The number of benzene rings is 1. The molecule has 2 N–H and O–H groups in total. The summed E-state index contributed by atoms with van der Waals surface area (Å²) in [5.41, 5.74) is 11.5. The first-order valence-corrected chi connectivity index (χ1v) is 8.20. The molecular formula is C18H26N4. The Morgan fingerprint density at radius 2 is 1.68 bits per heavy atom. The van der Waals surface area contributed by atoms with Gasteiger partial charge in [-0.3, -0.25) is 0 Å². The van der Waals surface area contributed by atoms with Gasteiger partial charge in [-0.15, -0.1) is 0 Å². The van der Waals surface area contributed by atoms with E-state index in [9.17, 15) is 0 Å². The highest BCUT2D eigenvalue weighted by atomic mass is 15.3. The highest BCUT2D eigenvalue weighted by molar-refractivity contribution is 5.51. The van der Waals surface area contributed by atoms with E-state index < -0.39 is 0 Å². The second-order valence-electron chi connectivity index (χ2n) is 6.45. The molecular weight excluding hydrogens is 272 g/mol. The van der Waals surface area contributed by atoms with Gasteiger partial charge in [-0.05, 0) is 56.9 Å². The second-order valence-corrected chi connectivity index (χ2v) is 6.45. The van der Waals surface area contributed by atoms with E-state index in [-0.39, 0.29) is 0 Å². The van der Waals surface area contributed by atoms with Crippen LogP contribution >= 0.6 is 0 Å². The summed E-state index contributed by atoms with van der Waals surface area (Å²) in [7, 11) is 0. The summed E-state index contributed by atoms with van der Waals surface area (Å²) >= 11 is 0. The van der Waals surface area contributed by atoms with Gasteiger partial charge in [0.15, 0.2) is 0 Å². The van der Waals surface area contributed by atoms with Gasteiger partial charge in [0.2, 0.25) is 0 Å².